The normalized spacial score (nSPS) is 15.3. The highest BCUT2D eigenvalue weighted by molar-refractivity contribution is 5.79. The molecular weight excluding hydrogens is 242 g/mol. The van der Waals surface area contributed by atoms with Gasteiger partial charge in [-0.1, -0.05) is 0 Å². The molecule has 18 heavy (non-hydrogen) atoms. The zero-order valence-electron chi connectivity index (χ0n) is 9.99. The van der Waals surface area contributed by atoms with Gasteiger partial charge in [-0.2, -0.15) is 0 Å². The molecule has 0 saturated carbocycles. The van der Waals surface area contributed by atoms with Crippen LogP contribution in [0, 0.1) is 11.6 Å². The van der Waals surface area contributed by atoms with Crippen LogP contribution in [0.1, 0.15) is 6.42 Å². The van der Waals surface area contributed by atoms with E-state index in [0.717, 1.165) is 6.07 Å². The van der Waals surface area contributed by atoms with Gasteiger partial charge in [0.05, 0.1) is 11.4 Å². The molecule has 0 unspecified atom stereocenters. The van der Waals surface area contributed by atoms with E-state index in [1.807, 2.05) is 0 Å². The molecule has 1 aliphatic rings. The van der Waals surface area contributed by atoms with E-state index in [4.69, 9.17) is 5.11 Å². The third-order valence-corrected chi connectivity index (χ3v) is 2.98. The largest absolute Gasteiger partial charge is 0.480 e. The summed E-state index contributed by atoms with van der Waals surface area (Å²) in [6.45, 7) is 0.779. The fourth-order valence-corrected chi connectivity index (χ4v) is 2.21. The van der Waals surface area contributed by atoms with Crippen molar-refractivity contribution in [3.63, 3.8) is 0 Å². The van der Waals surface area contributed by atoms with Crippen molar-refractivity contribution >= 4 is 17.3 Å². The van der Waals surface area contributed by atoms with Crippen LogP contribution in [0.25, 0.3) is 0 Å². The van der Waals surface area contributed by atoms with Gasteiger partial charge in [-0.25, -0.2) is 8.78 Å². The molecule has 1 aromatic carbocycles. The molecule has 0 fully saturated rings. The van der Waals surface area contributed by atoms with Crippen LogP contribution in [0.5, 0.6) is 0 Å². The predicted octanol–water partition coefficient (Wildman–Crippen LogP) is 1.70. The van der Waals surface area contributed by atoms with Crippen LogP contribution in [0.15, 0.2) is 12.1 Å². The lowest BCUT2D eigenvalue weighted by Crippen LogP contribution is -2.31. The molecule has 0 amide bonds. The second-order valence-corrected chi connectivity index (χ2v) is 4.35. The van der Waals surface area contributed by atoms with Gasteiger partial charge in [-0.3, -0.25) is 4.79 Å². The second kappa shape index (κ2) is 4.80. The van der Waals surface area contributed by atoms with Crippen molar-refractivity contribution in [1.82, 2.24) is 0 Å². The maximum Gasteiger partial charge on any atom is 0.323 e. The van der Waals surface area contributed by atoms with Gasteiger partial charge in [0.15, 0.2) is 5.82 Å². The summed E-state index contributed by atoms with van der Waals surface area (Å²) in [5.74, 6) is -2.41. The number of fused-ring (bicyclic) bond motifs is 1. The van der Waals surface area contributed by atoms with Crippen molar-refractivity contribution in [2.45, 2.75) is 6.42 Å². The average Bonchev–Trinajstić information content (AvgIpc) is 2.39. The number of carbonyl (C=O) groups is 1. The number of anilines is 2. The maximum absolute atomic E-state index is 13.9. The Bertz CT molecular complexity index is 479. The highest BCUT2D eigenvalue weighted by atomic mass is 19.1. The van der Waals surface area contributed by atoms with Crippen molar-refractivity contribution in [3.05, 3.63) is 23.8 Å². The molecule has 0 radical (unpaired) electrons. The standard InChI is InChI=1S/C12H14F2N2O2/c1-15-3-2-4-16(7-11(17)18)12-9(14)5-8(13)6-10(12)15/h5-6H,2-4,7H2,1H3,(H,17,18). The van der Waals surface area contributed by atoms with E-state index < -0.39 is 17.6 Å². The smallest absolute Gasteiger partial charge is 0.323 e. The Balaban J connectivity index is 2.50. The number of carboxylic acids is 1. The molecule has 4 nitrogen and oxygen atoms in total. The molecule has 1 heterocycles. The van der Waals surface area contributed by atoms with E-state index in [0.29, 0.717) is 25.2 Å². The summed E-state index contributed by atoms with van der Waals surface area (Å²) in [7, 11) is 1.74. The van der Waals surface area contributed by atoms with Gasteiger partial charge in [-0.05, 0) is 12.5 Å². The second-order valence-electron chi connectivity index (χ2n) is 4.35. The lowest BCUT2D eigenvalue weighted by atomic mass is 10.2. The van der Waals surface area contributed by atoms with Crippen LogP contribution in [-0.4, -0.2) is 37.8 Å². The van der Waals surface area contributed by atoms with Crippen LogP contribution >= 0.6 is 0 Å². The third-order valence-electron chi connectivity index (χ3n) is 2.98. The average molecular weight is 256 g/mol. The molecule has 0 bridgehead atoms. The summed E-state index contributed by atoms with van der Waals surface area (Å²) in [4.78, 5) is 14.0. The van der Waals surface area contributed by atoms with Gasteiger partial charge in [0.25, 0.3) is 0 Å². The minimum Gasteiger partial charge on any atom is -0.480 e. The fraction of sp³-hybridized carbons (Fsp3) is 0.417. The first kappa shape index (κ1) is 12.6. The summed E-state index contributed by atoms with van der Waals surface area (Å²) in [6, 6.07) is 2.02. The lowest BCUT2D eigenvalue weighted by Gasteiger charge is -2.25. The molecule has 0 aliphatic carbocycles. The summed E-state index contributed by atoms with van der Waals surface area (Å²) >= 11 is 0. The van der Waals surface area contributed by atoms with E-state index in [-0.39, 0.29) is 12.2 Å². The van der Waals surface area contributed by atoms with Gasteiger partial charge in [0, 0.05) is 26.2 Å². The Morgan fingerprint density at radius 3 is 2.78 bits per heavy atom. The van der Waals surface area contributed by atoms with Crippen LogP contribution in [0.3, 0.4) is 0 Å². The molecule has 1 aliphatic heterocycles. The van der Waals surface area contributed by atoms with Gasteiger partial charge < -0.3 is 14.9 Å². The van der Waals surface area contributed by atoms with Crippen LogP contribution in [0.4, 0.5) is 20.2 Å². The number of benzene rings is 1. The van der Waals surface area contributed by atoms with Crippen LogP contribution < -0.4 is 9.80 Å². The Morgan fingerprint density at radius 2 is 2.11 bits per heavy atom. The first-order valence-electron chi connectivity index (χ1n) is 5.66. The maximum atomic E-state index is 13.9. The third kappa shape index (κ3) is 2.37. The Morgan fingerprint density at radius 1 is 1.39 bits per heavy atom. The van der Waals surface area contributed by atoms with E-state index in [1.165, 1.54) is 11.0 Å². The molecular formula is C12H14F2N2O2. The lowest BCUT2D eigenvalue weighted by molar-refractivity contribution is -0.135. The van der Waals surface area contributed by atoms with Gasteiger partial charge in [0.1, 0.15) is 12.4 Å². The number of nitrogens with zero attached hydrogens (tertiary/aromatic N) is 2. The molecule has 0 spiro atoms. The minimum atomic E-state index is -1.03. The zero-order chi connectivity index (χ0) is 13.3. The molecule has 2 rings (SSSR count). The molecule has 1 N–H and O–H groups in total. The summed E-state index contributed by atoms with van der Waals surface area (Å²) < 4.78 is 27.1. The van der Waals surface area contributed by atoms with Crippen molar-refractivity contribution < 1.29 is 18.7 Å². The number of rotatable bonds is 2. The first-order valence-corrected chi connectivity index (χ1v) is 5.66. The molecule has 6 heteroatoms. The number of carboxylic acid groups (broad SMARTS) is 1. The van der Waals surface area contributed by atoms with Crippen molar-refractivity contribution in [2.24, 2.45) is 0 Å². The van der Waals surface area contributed by atoms with E-state index in [1.54, 1.807) is 11.9 Å². The number of halogens is 2. The highest BCUT2D eigenvalue weighted by Gasteiger charge is 2.24. The number of aliphatic carboxylic acids is 1. The molecule has 1 aromatic rings. The Hall–Kier alpha value is -1.85. The number of hydrogen-bond acceptors (Lipinski definition) is 3. The van der Waals surface area contributed by atoms with Crippen LogP contribution in [-0.2, 0) is 4.79 Å². The monoisotopic (exact) mass is 256 g/mol. The number of hydrogen-bond donors (Lipinski definition) is 1. The Labute approximate surface area is 103 Å². The first-order chi connectivity index (χ1) is 8.49. The van der Waals surface area contributed by atoms with Crippen molar-refractivity contribution in [2.75, 3.05) is 36.5 Å². The SMILES string of the molecule is CN1CCCN(CC(=O)O)c2c(F)cc(F)cc21. The van der Waals surface area contributed by atoms with E-state index in [2.05, 4.69) is 0 Å². The summed E-state index contributed by atoms with van der Waals surface area (Å²) in [6.07, 6.45) is 0.694. The quantitative estimate of drug-likeness (QED) is 0.874. The van der Waals surface area contributed by atoms with Crippen LogP contribution in [0.2, 0.25) is 0 Å². The summed E-state index contributed by atoms with van der Waals surface area (Å²) in [5, 5.41) is 8.84. The Kier molecular flexibility index (Phi) is 3.36. The highest BCUT2D eigenvalue weighted by Crippen LogP contribution is 2.34. The van der Waals surface area contributed by atoms with E-state index in [9.17, 15) is 13.6 Å². The topological polar surface area (TPSA) is 43.8 Å². The van der Waals surface area contributed by atoms with Crippen molar-refractivity contribution in [1.29, 1.82) is 0 Å². The van der Waals surface area contributed by atoms with Gasteiger partial charge in [0.2, 0.25) is 0 Å². The minimum absolute atomic E-state index is 0.166. The molecule has 98 valence electrons. The molecule has 0 atom stereocenters. The molecule has 0 saturated heterocycles. The summed E-state index contributed by atoms with van der Waals surface area (Å²) in [5.41, 5.74) is 0.560. The van der Waals surface area contributed by atoms with Crippen molar-refractivity contribution in [3.8, 4) is 0 Å². The predicted molar refractivity (Wildman–Crippen MR) is 64.1 cm³/mol. The zero-order valence-corrected chi connectivity index (χ0v) is 9.99. The van der Waals surface area contributed by atoms with E-state index >= 15 is 0 Å². The van der Waals surface area contributed by atoms with Gasteiger partial charge in [-0.15, -0.1) is 0 Å². The molecule has 0 aromatic heterocycles. The van der Waals surface area contributed by atoms with Gasteiger partial charge >= 0.3 is 5.97 Å². The fourth-order valence-electron chi connectivity index (χ4n) is 2.21.